The summed E-state index contributed by atoms with van der Waals surface area (Å²) in [6.07, 6.45) is 1.90. The molecule has 1 saturated heterocycles. The highest BCUT2D eigenvalue weighted by Crippen LogP contribution is 2.30. The molecule has 1 spiro atoms. The fourth-order valence-corrected chi connectivity index (χ4v) is 1.98. The topological polar surface area (TPSA) is 78.4 Å². The lowest BCUT2D eigenvalue weighted by molar-refractivity contribution is -0.125. The molecule has 5 heteroatoms. The zero-order valence-corrected chi connectivity index (χ0v) is 7.17. The van der Waals surface area contributed by atoms with Crippen LogP contribution in [0.1, 0.15) is 25.7 Å². The zero-order chi connectivity index (χ0) is 9.47. The monoisotopic (exact) mass is 184 g/mol. The van der Waals surface area contributed by atoms with E-state index in [4.69, 9.17) is 0 Å². The summed E-state index contributed by atoms with van der Waals surface area (Å²) in [5.74, 6) is -0.246. The van der Waals surface area contributed by atoms with E-state index in [1.165, 1.54) is 0 Å². The van der Waals surface area contributed by atoms with Gasteiger partial charge in [-0.15, -0.1) is 0 Å². The highest BCUT2D eigenvalue weighted by atomic mass is 16.3. The Labute approximate surface area is 75.5 Å². The van der Waals surface area contributed by atoms with E-state index in [1.54, 1.807) is 0 Å². The molecule has 0 aromatic carbocycles. The van der Waals surface area contributed by atoms with Crippen molar-refractivity contribution in [2.24, 2.45) is 0 Å². The zero-order valence-electron chi connectivity index (χ0n) is 7.17. The van der Waals surface area contributed by atoms with Crippen LogP contribution in [0.5, 0.6) is 0 Å². The predicted molar refractivity (Wildman–Crippen MR) is 43.9 cm³/mol. The Balaban J connectivity index is 2.13. The number of carbonyl (C=O) groups is 2. The molecule has 0 bridgehead atoms. The molecular formula is C8H12N2O3. The second kappa shape index (κ2) is 2.70. The molecule has 0 aromatic heterocycles. The second-order valence-corrected chi connectivity index (χ2v) is 3.72. The van der Waals surface area contributed by atoms with Crippen molar-refractivity contribution in [2.75, 3.05) is 0 Å². The van der Waals surface area contributed by atoms with Gasteiger partial charge in [-0.1, -0.05) is 0 Å². The third-order valence-corrected chi connectivity index (χ3v) is 2.82. The summed E-state index contributed by atoms with van der Waals surface area (Å²) in [6, 6.07) is -0.415. The summed E-state index contributed by atoms with van der Waals surface area (Å²) < 4.78 is 0. The summed E-state index contributed by atoms with van der Waals surface area (Å²) >= 11 is 0. The molecule has 3 amide bonds. The van der Waals surface area contributed by atoms with Crippen molar-refractivity contribution in [3.05, 3.63) is 0 Å². The van der Waals surface area contributed by atoms with Crippen molar-refractivity contribution >= 4 is 11.9 Å². The minimum Gasteiger partial charge on any atom is -0.393 e. The molecule has 1 aliphatic heterocycles. The molecule has 0 radical (unpaired) electrons. The minimum atomic E-state index is -0.726. The summed E-state index contributed by atoms with van der Waals surface area (Å²) in [5.41, 5.74) is -0.726. The van der Waals surface area contributed by atoms with Gasteiger partial charge >= 0.3 is 6.03 Å². The molecular weight excluding hydrogens is 172 g/mol. The number of aliphatic hydroxyl groups is 1. The molecule has 2 aliphatic rings. The van der Waals surface area contributed by atoms with Gasteiger partial charge in [-0.05, 0) is 25.7 Å². The molecule has 13 heavy (non-hydrogen) atoms. The Bertz CT molecular complexity index is 256. The van der Waals surface area contributed by atoms with E-state index in [0.29, 0.717) is 25.7 Å². The average Bonchev–Trinajstić information content (AvgIpc) is 2.34. The van der Waals surface area contributed by atoms with Crippen LogP contribution in [-0.2, 0) is 4.79 Å². The first-order valence-electron chi connectivity index (χ1n) is 4.44. The Kier molecular flexibility index (Phi) is 1.76. The Morgan fingerprint density at radius 1 is 1.31 bits per heavy atom. The number of rotatable bonds is 0. The number of aliphatic hydroxyl groups excluding tert-OH is 1. The standard InChI is InChI=1S/C8H12N2O3/c11-5-1-3-8(4-2-5)6(12)9-7(13)10-8/h5,11H,1-4H2,(H2,9,10,12,13). The first kappa shape index (κ1) is 8.50. The molecule has 2 rings (SSSR count). The van der Waals surface area contributed by atoms with Crippen molar-refractivity contribution in [1.82, 2.24) is 10.6 Å². The normalized spacial score (nSPS) is 39.0. The van der Waals surface area contributed by atoms with E-state index in [0.717, 1.165) is 0 Å². The van der Waals surface area contributed by atoms with Gasteiger partial charge in [0.05, 0.1) is 6.10 Å². The fraction of sp³-hybridized carbons (Fsp3) is 0.750. The van der Waals surface area contributed by atoms with Crippen LogP contribution in [0.25, 0.3) is 0 Å². The third kappa shape index (κ3) is 1.29. The number of carbonyl (C=O) groups excluding carboxylic acids is 2. The fourth-order valence-electron chi connectivity index (χ4n) is 1.98. The van der Waals surface area contributed by atoms with Gasteiger partial charge in [0.2, 0.25) is 0 Å². The highest BCUT2D eigenvalue weighted by molar-refractivity contribution is 6.07. The number of hydrogen-bond acceptors (Lipinski definition) is 3. The molecule has 5 nitrogen and oxygen atoms in total. The number of amides is 3. The summed E-state index contributed by atoms with van der Waals surface area (Å²) in [5, 5.41) is 14.1. The van der Waals surface area contributed by atoms with Crippen LogP contribution in [0, 0.1) is 0 Å². The molecule has 0 atom stereocenters. The molecule has 0 unspecified atom stereocenters. The van der Waals surface area contributed by atoms with Crippen LogP contribution >= 0.6 is 0 Å². The number of imide groups is 1. The molecule has 1 saturated carbocycles. The molecule has 2 fully saturated rings. The van der Waals surface area contributed by atoms with Crippen molar-refractivity contribution in [2.45, 2.75) is 37.3 Å². The maximum Gasteiger partial charge on any atom is 0.322 e. The molecule has 1 heterocycles. The van der Waals surface area contributed by atoms with E-state index in [-0.39, 0.29) is 12.0 Å². The van der Waals surface area contributed by atoms with Crippen molar-refractivity contribution in [3.8, 4) is 0 Å². The molecule has 3 N–H and O–H groups in total. The van der Waals surface area contributed by atoms with E-state index in [2.05, 4.69) is 10.6 Å². The molecule has 72 valence electrons. The Morgan fingerprint density at radius 3 is 2.38 bits per heavy atom. The van der Waals surface area contributed by atoms with Gasteiger partial charge in [0.15, 0.2) is 0 Å². The van der Waals surface area contributed by atoms with Crippen molar-refractivity contribution in [3.63, 3.8) is 0 Å². The minimum absolute atomic E-state index is 0.246. The van der Waals surface area contributed by atoms with E-state index in [1.807, 2.05) is 0 Å². The maximum absolute atomic E-state index is 11.4. The van der Waals surface area contributed by atoms with Crippen LogP contribution in [-0.4, -0.2) is 28.7 Å². The highest BCUT2D eigenvalue weighted by Gasteiger charge is 2.47. The second-order valence-electron chi connectivity index (χ2n) is 3.72. The van der Waals surface area contributed by atoms with Crippen LogP contribution in [0.2, 0.25) is 0 Å². The lowest BCUT2D eigenvalue weighted by Gasteiger charge is -2.32. The van der Waals surface area contributed by atoms with E-state index >= 15 is 0 Å². The Morgan fingerprint density at radius 2 is 1.92 bits per heavy atom. The van der Waals surface area contributed by atoms with E-state index in [9.17, 15) is 14.7 Å². The number of urea groups is 1. The SMILES string of the molecule is O=C1NC(=O)C2(CCC(O)CC2)N1. The van der Waals surface area contributed by atoms with Crippen LogP contribution < -0.4 is 10.6 Å². The van der Waals surface area contributed by atoms with Crippen LogP contribution in [0.15, 0.2) is 0 Å². The molecule has 1 aliphatic carbocycles. The number of nitrogens with one attached hydrogen (secondary N) is 2. The maximum atomic E-state index is 11.4. The van der Waals surface area contributed by atoms with Gasteiger partial charge in [0, 0.05) is 0 Å². The smallest absolute Gasteiger partial charge is 0.322 e. The lowest BCUT2D eigenvalue weighted by atomic mass is 9.80. The quantitative estimate of drug-likeness (QED) is 0.444. The number of hydrogen-bond donors (Lipinski definition) is 3. The van der Waals surface area contributed by atoms with Gasteiger partial charge in [-0.3, -0.25) is 10.1 Å². The molecule has 0 aromatic rings. The largest absolute Gasteiger partial charge is 0.393 e. The van der Waals surface area contributed by atoms with Gasteiger partial charge < -0.3 is 10.4 Å². The van der Waals surface area contributed by atoms with Gasteiger partial charge in [0.25, 0.3) is 5.91 Å². The first-order chi connectivity index (χ1) is 6.12. The van der Waals surface area contributed by atoms with Crippen LogP contribution in [0.3, 0.4) is 0 Å². The average molecular weight is 184 g/mol. The Hall–Kier alpha value is -1.10. The summed E-state index contributed by atoms with van der Waals surface area (Å²) in [6.45, 7) is 0. The lowest BCUT2D eigenvalue weighted by Crippen LogP contribution is -2.50. The first-order valence-corrected chi connectivity index (χ1v) is 4.44. The predicted octanol–water partition coefficient (Wildman–Crippen LogP) is -0.501. The van der Waals surface area contributed by atoms with Crippen molar-refractivity contribution in [1.29, 1.82) is 0 Å². The van der Waals surface area contributed by atoms with E-state index < -0.39 is 11.6 Å². The summed E-state index contributed by atoms with van der Waals surface area (Å²) in [7, 11) is 0. The van der Waals surface area contributed by atoms with Gasteiger partial charge in [-0.25, -0.2) is 4.79 Å². The van der Waals surface area contributed by atoms with Crippen molar-refractivity contribution < 1.29 is 14.7 Å². The van der Waals surface area contributed by atoms with Gasteiger partial charge in [0.1, 0.15) is 5.54 Å². The van der Waals surface area contributed by atoms with Crippen LogP contribution in [0.4, 0.5) is 4.79 Å². The van der Waals surface area contributed by atoms with Gasteiger partial charge in [-0.2, -0.15) is 0 Å². The third-order valence-electron chi connectivity index (χ3n) is 2.82. The summed E-state index contributed by atoms with van der Waals surface area (Å²) in [4.78, 5) is 22.3.